The van der Waals surface area contributed by atoms with Gasteiger partial charge in [0.1, 0.15) is 0 Å². The second-order valence-electron chi connectivity index (χ2n) is 2.78. The van der Waals surface area contributed by atoms with E-state index in [1.165, 1.54) is 10.8 Å². The van der Waals surface area contributed by atoms with E-state index in [1.54, 1.807) is 11.3 Å². The molecular formula is C11H10NS. The smallest absolute Gasteiger partial charge is 0.0458 e. The summed E-state index contributed by atoms with van der Waals surface area (Å²) < 4.78 is 0. The maximum atomic E-state index is 4.34. The first-order chi connectivity index (χ1) is 6.45. The number of hydrogen-bond donors (Lipinski definition) is 0. The third-order valence-electron chi connectivity index (χ3n) is 1.77. The van der Waals surface area contributed by atoms with Crippen LogP contribution in [0.15, 0.2) is 22.5 Å². The van der Waals surface area contributed by atoms with E-state index < -0.39 is 0 Å². The summed E-state index contributed by atoms with van der Waals surface area (Å²) in [5, 5.41) is 2.06. The fourth-order valence-electron chi connectivity index (χ4n) is 1.13. The van der Waals surface area contributed by atoms with Crippen molar-refractivity contribution in [2.75, 3.05) is 6.54 Å². The van der Waals surface area contributed by atoms with Gasteiger partial charge in [0.15, 0.2) is 0 Å². The highest BCUT2D eigenvalue weighted by Gasteiger charge is 2.15. The molecule has 2 heteroatoms. The average molecular weight is 188 g/mol. The summed E-state index contributed by atoms with van der Waals surface area (Å²) in [5.41, 5.74) is 0. The Balaban J connectivity index is 1.78. The summed E-state index contributed by atoms with van der Waals surface area (Å²) in [6.45, 7) is 0.783. The van der Waals surface area contributed by atoms with Gasteiger partial charge >= 0.3 is 0 Å². The lowest BCUT2D eigenvalue weighted by Gasteiger charge is -2.00. The number of hydrogen-bond acceptors (Lipinski definition) is 2. The zero-order valence-electron chi connectivity index (χ0n) is 7.18. The first-order valence-corrected chi connectivity index (χ1v) is 5.07. The lowest BCUT2D eigenvalue weighted by atomic mass is 10.1. The number of aliphatic imine (C=N–C) groups is 1. The molecule has 1 aromatic heterocycles. The molecule has 0 saturated heterocycles. The molecule has 1 saturated carbocycles. The van der Waals surface area contributed by atoms with Crippen molar-refractivity contribution in [2.24, 2.45) is 4.99 Å². The van der Waals surface area contributed by atoms with Crippen molar-refractivity contribution in [1.29, 1.82) is 0 Å². The van der Waals surface area contributed by atoms with Crippen molar-refractivity contribution in [3.8, 4) is 0 Å². The Labute approximate surface area is 83.5 Å². The zero-order chi connectivity index (χ0) is 8.93. The third kappa shape index (κ3) is 2.66. The summed E-state index contributed by atoms with van der Waals surface area (Å²) in [4.78, 5) is 5.56. The van der Waals surface area contributed by atoms with Gasteiger partial charge in [-0.15, -0.1) is 11.3 Å². The van der Waals surface area contributed by atoms with Crippen molar-refractivity contribution < 1.29 is 0 Å². The molecule has 1 aromatic rings. The van der Waals surface area contributed by atoms with Crippen LogP contribution in [-0.4, -0.2) is 12.8 Å². The molecule has 1 aliphatic carbocycles. The molecule has 1 nitrogen and oxygen atoms in total. The third-order valence-corrected chi connectivity index (χ3v) is 2.57. The predicted octanol–water partition coefficient (Wildman–Crippen LogP) is 2.57. The molecular weight excluding hydrogens is 178 g/mol. The number of nitrogens with zero attached hydrogens (tertiary/aromatic N) is 1. The van der Waals surface area contributed by atoms with Gasteiger partial charge in [-0.05, 0) is 37.1 Å². The Morgan fingerprint density at radius 1 is 1.31 bits per heavy atom. The van der Waals surface area contributed by atoms with Crippen LogP contribution in [0, 0.1) is 31.6 Å². The van der Waals surface area contributed by atoms with E-state index in [1.807, 2.05) is 25.1 Å². The minimum atomic E-state index is 0.783. The van der Waals surface area contributed by atoms with Crippen molar-refractivity contribution in [3.63, 3.8) is 0 Å². The van der Waals surface area contributed by atoms with Crippen LogP contribution in [-0.2, 0) is 0 Å². The van der Waals surface area contributed by atoms with Crippen LogP contribution >= 0.6 is 11.3 Å². The highest BCUT2D eigenvalue weighted by atomic mass is 32.1. The van der Waals surface area contributed by atoms with Gasteiger partial charge in [0.25, 0.3) is 0 Å². The van der Waals surface area contributed by atoms with Gasteiger partial charge in [0.2, 0.25) is 0 Å². The molecule has 65 valence electrons. The minimum absolute atomic E-state index is 0.783. The van der Waals surface area contributed by atoms with Crippen LogP contribution in [0.1, 0.15) is 4.88 Å². The van der Waals surface area contributed by atoms with Gasteiger partial charge in [-0.1, -0.05) is 6.07 Å². The SMILES string of the molecule is [CH]1[CH][CH][C](CN=Cc2cccs2)[CH]1. The van der Waals surface area contributed by atoms with Crippen molar-refractivity contribution in [2.45, 2.75) is 0 Å². The molecule has 0 N–H and O–H groups in total. The highest BCUT2D eigenvalue weighted by molar-refractivity contribution is 7.11. The Kier molecular flexibility index (Phi) is 3.14. The minimum Gasteiger partial charge on any atom is -0.291 e. The van der Waals surface area contributed by atoms with Gasteiger partial charge in [-0.2, -0.15) is 0 Å². The Bertz CT molecular complexity index is 258. The molecule has 1 aliphatic rings. The van der Waals surface area contributed by atoms with Crippen LogP contribution in [0.5, 0.6) is 0 Å². The van der Waals surface area contributed by atoms with Gasteiger partial charge in [0.05, 0.1) is 0 Å². The first kappa shape index (κ1) is 8.95. The van der Waals surface area contributed by atoms with Gasteiger partial charge < -0.3 is 0 Å². The lowest BCUT2D eigenvalue weighted by Crippen LogP contribution is -1.96. The summed E-state index contributed by atoms with van der Waals surface area (Å²) in [6.07, 6.45) is 10.2. The molecule has 2 rings (SSSR count). The molecule has 1 fully saturated rings. The van der Waals surface area contributed by atoms with E-state index in [9.17, 15) is 0 Å². The standard InChI is InChI=1S/C11H10NS/c1-2-5-10(4-1)8-12-9-11-6-3-7-13-11/h1-7,9H,8H2. The highest BCUT2D eigenvalue weighted by Crippen LogP contribution is 2.22. The molecule has 0 unspecified atom stereocenters. The molecule has 0 bridgehead atoms. The Morgan fingerprint density at radius 2 is 2.15 bits per heavy atom. The largest absolute Gasteiger partial charge is 0.291 e. The Hall–Kier alpha value is -0.630. The number of thiophene rings is 1. The topological polar surface area (TPSA) is 12.4 Å². The molecule has 13 heavy (non-hydrogen) atoms. The second kappa shape index (κ2) is 4.56. The van der Waals surface area contributed by atoms with Crippen LogP contribution < -0.4 is 0 Å². The molecule has 1 heterocycles. The van der Waals surface area contributed by atoms with E-state index in [0.29, 0.717) is 0 Å². The van der Waals surface area contributed by atoms with Crippen LogP contribution in [0.3, 0.4) is 0 Å². The second-order valence-corrected chi connectivity index (χ2v) is 3.76. The van der Waals surface area contributed by atoms with E-state index in [4.69, 9.17) is 0 Å². The van der Waals surface area contributed by atoms with E-state index in [0.717, 1.165) is 6.54 Å². The van der Waals surface area contributed by atoms with E-state index in [-0.39, 0.29) is 0 Å². The number of rotatable bonds is 3. The zero-order valence-corrected chi connectivity index (χ0v) is 8.00. The summed E-state index contributed by atoms with van der Waals surface area (Å²) >= 11 is 1.71. The molecule has 0 amide bonds. The van der Waals surface area contributed by atoms with Crippen LogP contribution in [0.25, 0.3) is 0 Å². The molecule has 0 spiro atoms. The first-order valence-electron chi connectivity index (χ1n) is 4.19. The van der Waals surface area contributed by atoms with Crippen molar-refractivity contribution in [3.05, 3.63) is 54.0 Å². The van der Waals surface area contributed by atoms with E-state index >= 15 is 0 Å². The molecule has 0 aliphatic heterocycles. The fourth-order valence-corrected chi connectivity index (χ4v) is 1.73. The van der Waals surface area contributed by atoms with Crippen LogP contribution in [0.2, 0.25) is 0 Å². The lowest BCUT2D eigenvalue weighted by molar-refractivity contribution is 1.05. The van der Waals surface area contributed by atoms with Gasteiger partial charge in [0, 0.05) is 23.6 Å². The quantitative estimate of drug-likeness (QED) is 0.646. The summed E-state index contributed by atoms with van der Waals surface area (Å²) in [6, 6.07) is 4.10. The van der Waals surface area contributed by atoms with Crippen LogP contribution in [0.4, 0.5) is 0 Å². The molecule has 0 aromatic carbocycles. The van der Waals surface area contributed by atoms with Crippen molar-refractivity contribution in [1.82, 2.24) is 0 Å². The Morgan fingerprint density at radius 3 is 2.85 bits per heavy atom. The normalized spacial score (nSPS) is 18.8. The van der Waals surface area contributed by atoms with Gasteiger partial charge in [-0.25, -0.2) is 0 Å². The van der Waals surface area contributed by atoms with Gasteiger partial charge in [-0.3, -0.25) is 4.99 Å². The average Bonchev–Trinajstić information content (AvgIpc) is 2.75. The maximum absolute atomic E-state index is 4.34. The van der Waals surface area contributed by atoms with Crippen molar-refractivity contribution >= 4 is 17.6 Å². The predicted molar refractivity (Wildman–Crippen MR) is 57.2 cm³/mol. The monoisotopic (exact) mass is 188 g/mol. The fraction of sp³-hybridized carbons (Fsp3) is 0.0909. The maximum Gasteiger partial charge on any atom is 0.0458 e. The molecule has 5 radical (unpaired) electrons. The summed E-state index contributed by atoms with van der Waals surface area (Å²) in [5.74, 6) is 1.27. The summed E-state index contributed by atoms with van der Waals surface area (Å²) in [7, 11) is 0. The van der Waals surface area contributed by atoms with E-state index in [2.05, 4.69) is 29.3 Å². The molecule has 0 atom stereocenters.